The normalized spacial score (nSPS) is 24.2. The van der Waals surface area contributed by atoms with Gasteiger partial charge in [-0.15, -0.1) is 0 Å². The van der Waals surface area contributed by atoms with E-state index in [1.165, 1.54) is 38.8 Å². The molecule has 1 aliphatic heterocycles. The Morgan fingerprint density at radius 3 is 2.08 bits per heavy atom. The molecule has 0 spiro atoms. The standard InChI is InChI=1S/C11H23N/c1-4-10(3)11(5-2)12-8-6-7-9-12/h10-11H,4-9H2,1-3H3. The van der Waals surface area contributed by atoms with Crippen molar-refractivity contribution in [1.29, 1.82) is 0 Å². The molecule has 1 saturated heterocycles. The van der Waals surface area contributed by atoms with Gasteiger partial charge in [0.1, 0.15) is 0 Å². The van der Waals surface area contributed by atoms with Crippen molar-refractivity contribution in [3.8, 4) is 0 Å². The van der Waals surface area contributed by atoms with E-state index in [2.05, 4.69) is 25.7 Å². The quantitative estimate of drug-likeness (QED) is 0.625. The average molecular weight is 169 g/mol. The molecule has 0 aliphatic carbocycles. The van der Waals surface area contributed by atoms with Gasteiger partial charge in [0, 0.05) is 6.04 Å². The van der Waals surface area contributed by atoms with Gasteiger partial charge in [-0.25, -0.2) is 0 Å². The number of hydrogen-bond donors (Lipinski definition) is 0. The minimum absolute atomic E-state index is 0.859. The number of hydrogen-bond acceptors (Lipinski definition) is 1. The van der Waals surface area contributed by atoms with Crippen molar-refractivity contribution in [3.05, 3.63) is 0 Å². The fraction of sp³-hybridized carbons (Fsp3) is 1.00. The maximum Gasteiger partial charge on any atom is 0.0118 e. The molecule has 0 aromatic carbocycles. The van der Waals surface area contributed by atoms with Crippen molar-refractivity contribution in [2.24, 2.45) is 5.92 Å². The summed E-state index contributed by atoms with van der Waals surface area (Å²) in [5.41, 5.74) is 0. The van der Waals surface area contributed by atoms with Crippen molar-refractivity contribution in [1.82, 2.24) is 4.90 Å². The number of nitrogens with zero attached hydrogens (tertiary/aromatic N) is 1. The van der Waals surface area contributed by atoms with Gasteiger partial charge < -0.3 is 4.90 Å². The maximum absolute atomic E-state index is 2.69. The van der Waals surface area contributed by atoms with Gasteiger partial charge in [-0.3, -0.25) is 0 Å². The average Bonchev–Trinajstić information content (AvgIpc) is 2.58. The molecule has 72 valence electrons. The Labute approximate surface area is 77.1 Å². The van der Waals surface area contributed by atoms with Crippen LogP contribution in [0.25, 0.3) is 0 Å². The van der Waals surface area contributed by atoms with Crippen LogP contribution in [-0.4, -0.2) is 24.0 Å². The van der Waals surface area contributed by atoms with Crippen molar-refractivity contribution in [2.75, 3.05) is 13.1 Å². The molecule has 0 aromatic heterocycles. The van der Waals surface area contributed by atoms with Crippen LogP contribution in [0.5, 0.6) is 0 Å². The fourth-order valence-corrected chi connectivity index (χ4v) is 2.37. The molecule has 1 heteroatoms. The van der Waals surface area contributed by atoms with Gasteiger partial charge in [-0.1, -0.05) is 27.2 Å². The molecule has 0 amide bonds. The second-order valence-electron chi connectivity index (χ2n) is 4.10. The van der Waals surface area contributed by atoms with Crippen LogP contribution >= 0.6 is 0 Å². The summed E-state index contributed by atoms with van der Waals surface area (Å²) >= 11 is 0. The van der Waals surface area contributed by atoms with Crippen LogP contribution in [0.3, 0.4) is 0 Å². The highest BCUT2D eigenvalue weighted by Crippen LogP contribution is 2.21. The smallest absolute Gasteiger partial charge is 0.0118 e. The van der Waals surface area contributed by atoms with Crippen molar-refractivity contribution < 1.29 is 0 Å². The van der Waals surface area contributed by atoms with E-state index in [9.17, 15) is 0 Å². The first kappa shape index (κ1) is 10.0. The monoisotopic (exact) mass is 169 g/mol. The van der Waals surface area contributed by atoms with Gasteiger partial charge in [0.25, 0.3) is 0 Å². The summed E-state index contributed by atoms with van der Waals surface area (Å²) in [6, 6.07) is 0.859. The molecule has 1 aliphatic rings. The summed E-state index contributed by atoms with van der Waals surface area (Å²) in [5, 5.41) is 0. The Balaban J connectivity index is 2.42. The van der Waals surface area contributed by atoms with Crippen LogP contribution < -0.4 is 0 Å². The molecule has 1 fully saturated rings. The Kier molecular flexibility index (Phi) is 4.07. The highest BCUT2D eigenvalue weighted by Gasteiger charge is 2.23. The van der Waals surface area contributed by atoms with Crippen LogP contribution in [-0.2, 0) is 0 Å². The molecule has 1 rings (SSSR count). The van der Waals surface area contributed by atoms with E-state index in [-0.39, 0.29) is 0 Å². The third kappa shape index (κ3) is 2.22. The highest BCUT2D eigenvalue weighted by molar-refractivity contribution is 4.78. The van der Waals surface area contributed by atoms with Crippen molar-refractivity contribution >= 4 is 0 Å². The lowest BCUT2D eigenvalue weighted by molar-refractivity contribution is 0.174. The van der Waals surface area contributed by atoms with Crippen molar-refractivity contribution in [2.45, 2.75) is 52.5 Å². The van der Waals surface area contributed by atoms with E-state index in [0.717, 1.165) is 12.0 Å². The molecule has 2 atom stereocenters. The lowest BCUT2D eigenvalue weighted by Gasteiger charge is -2.31. The highest BCUT2D eigenvalue weighted by atomic mass is 15.2. The zero-order valence-corrected chi connectivity index (χ0v) is 8.84. The lowest BCUT2D eigenvalue weighted by atomic mass is 9.96. The minimum Gasteiger partial charge on any atom is -0.300 e. The van der Waals surface area contributed by atoms with Gasteiger partial charge in [-0.05, 0) is 38.3 Å². The first-order valence-electron chi connectivity index (χ1n) is 5.53. The zero-order chi connectivity index (χ0) is 8.97. The van der Waals surface area contributed by atoms with Crippen LogP contribution in [0.2, 0.25) is 0 Å². The van der Waals surface area contributed by atoms with E-state index >= 15 is 0 Å². The molecule has 0 radical (unpaired) electrons. The Hall–Kier alpha value is -0.0400. The van der Waals surface area contributed by atoms with E-state index < -0.39 is 0 Å². The first-order valence-corrected chi connectivity index (χ1v) is 5.53. The second-order valence-corrected chi connectivity index (χ2v) is 4.10. The topological polar surface area (TPSA) is 3.24 Å². The largest absolute Gasteiger partial charge is 0.300 e. The fourth-order valence-electron chi connectivity index (χ4n) is 2.37. The second kappa shape index (κ2) is 4.86. The van der Waals surface area contributed by atoms with Gasteiger partial charge in [0.05, 0.1) is 0 Å². The molecule has 0 saturated carbocycles. The third-order valence-electron chi connectivity index (χ3n) is 3.33. The molecule has 1 heterocycles. The lowest BCUT2D eigenvalue weighted by Crippen LogP contribution is -2.36. The third-order valence-corrected chi connectivity index (χ3v) is 3.33. The first-order chi connectivity index (χ1) is 5.79. The molecule has 0 bridgehead atoms. The summed E-state index contributed by atoms with van der Waals surface area (Å²) in [6.07, 6.45) is 5.50. The van der Waals surface area contributed by atoms with Gasteiger partial charge in [0.2, 0.25) is 0 Å². The summed E-state index contributed by atoms with van der Waals surface area (Å²) in [5.74, 6) is 0.882. The van der Waals surface area contributed by atoms with Crippen LogP contribution in [0.1, 0.15) is 46.5 Å². The van der Waals surface area contributed by atoms with E-state index in [1.54, 1.807) is 0 Å². The summed E-state index contributed by atoms with van der Waals surface area (Å²) in [6.45, 7) is 9.73. The number of likely N-dealkylation sites (tertiary alicyclic amines) is 1. The predicted octanol–water partition coefficient (Wildman–Crippen LogP) is 2.91. The van der Waals surface area contributed by atoms with E-state index in [4.69, 9.17) is 0 Å². The SMILES string of the molecule is CCC(C)C(CC)N1CCCC1. The molecule has 0 aromatic rings. The predicted molar refractivity (Wildman–Crippen MR) is 54.3 cm³/mol. The molecular formula is C11H23N. The molecule has 2 unspecified atom stereocenters. The summed E-state index contributed by atoms with van der Waals surface area (Å²) < 4.78 is 0. The summed E-state index contributed by atoms with van der Waals surface area (Å²) in [4.78, 5) is 2.69. The van der Waals surface area contributed by atoms with E-state index in [0.29, 0.717) is 0 Å². The molecule has 0 N–H and O–H groups in total. The zero-order valence-electron chi connectivity index (χ0n) is 8.84. The molecule has 12 heavy (non-hydrogen) atoms. The van der Waals surface area contributed by atoms with Crippen LogP contribution in [0.15, 0.2) is 0 Å². The number of rotatable bonds is 4. The molecule has 1 nitrogen and oxygen atoms in total. The van der Waals surface area contributed by atoms with Gasteiger partial charge >= 0.3 is 0 Å². The van der Waals surface area contributed by atoms with Crippen LogP contribution in [0, 0.1) is 5.92 Å². The minimum atomic E-state index is 0.859. The van der Waals surface area contributed by atoms with Crippen LogP contribution in [0.4, 0.5) is 0 Å². The Morgan fingerprint density at radius 1 is 1.08 bits per heavy atom. The van der Waals surface area contributed by atoms with Gasteiger partial charge in [0.15, 0.2) is 0 Å². The van der Waals surface area contributed by atoms with Crippen molar-refractivity contribution in [3.63, 3.8) is 0 Å². The Morgan fingerprint density at radius 2 is 1.67 bits per heavy atom. The van der Waals surface area contributed by atoms with E-state index in [1.807, 2.05) is 0 Å². The van der Waals surface area contributed by atoms with Gasteiger partial charge in [-0.2, -0.15) is 0 Å². The Bertz CT molecular complexity index is 116. The summed E-state index contributed by atoms with van der Waals surface area (Å²) in [7, 11) is 0. The maximum atomic E-state index is 2.69. The molecular weight excluding hydrogens is 146 g/mol.